The molecule has 0 radical (unpaired) electrons. The van der Waals surface area contributed by atoms with Crippen LogP contribution in [0.25, 0.3) is 0 Å². The summed E-state index contributed by atoms with van der Waals surface area (Å²) in [6.45, 7) is 7.37. The number of aromatic nitrogens is 2. The summed E-state index contributed by atoms with van der Waals surface area (Å²) in [6, 6.07) is 8.25. The number of hydrogen-bond acceptors (Lipinski definition) is 21. The van der Waals surface area contributed by atoms with E-state index in [1.807, 2.05) is 0 Å². The van der Waals surface area contributed by atoms with Crippen LogP contribution in [0.5, 0.6) is 0 Å². The van der Waals surface area contributed by atoms with E-state index in [1.165, 1.54) is 62.6 Å². The first-order valence-corrected chi connectivity index (χ1v) is 20.9. The van der Waals surface area contributed by atoms with Crippen LogP contribution in [0.3, 0.4) is 0 Å². The van der Waals surface area contributed by atoms with Gasteiger partial charge in [0.2, 0.25) is 5.76 Å². The molecule has 66 heavy (non-hydrogen) atoms. The van der Waals surface area contributed by atoms with Crippen molar-refractivity contribution in [3.8, 4) is 0 Å². The highest BCUT2D eigenvalue weighted by atomic mass is 16.7. The fourth-order valence-electron chi connectivity index (χ4n) is 10.1. The van der Waals surface area contributed by atoms with Gasteiger partial charge in [0.15, 0.2) is 30.0 Å². The normalized spacial score (nSPS) is 34.5. The molecule has 3 fully saturated rings. The number of rotatable bonds is 9. The van der Waals surface area contributed by atoms with Gasteiger partial charge in [0.1, 0.15) is 42.0 Å². The average molecular weight is 921 g/mol. The fourth-order valence-corrected chi connectivity index (χ4v) is 10.1. The second-order valence-corrected chi connectivity index (χ2v) is 17.1. The summed E-state index contributed by atoms with van der Waals surface area (Å²) in [7, 11) is 0. The van der Waals surface area contributed by atoms with E-state index in [0.717, 1.165) is 47.1 Å². The number of pyridine rings is 2. The Hall–Kier alpha value is -6.74. The van der Waals surface area contributed by atoms with E-state index in [1.54, 1.807) is 6.92 Å². The molecule has 1 saturated heterocycles. The van der Waals surface area contributed by atoms with E-state index in [4.69, 9.17) is 47.0 Å². The van der Waals surface area contributed by atoms with Gasteiger partial charge in [-0.3, -0.25) is 33.9 Å². The first-order chi connectivity index (χ1) is 31.1. The molecular formula is C45H48N2O19. The smallest absolute Gasteiger partial charge is 0.374 e. The molecule has 21 heteroatoms. The number of carbonyl (C=O) groups is 8. The molecule has 13 atom stereocenters. The minimum atomic E-state index is -2.94. The lowest BCUT2D eigenvalue weighted by atomic mass is 9.45. The van der Waals surface area contributed by atoms with E-state index in [9.17, 15) is 43.5 Å². The predicted octanol–water partition coefficient (Wildman–Crippen LogP) is 2.61. The number of aliphatic hydroxyl groups is 1. The summed E-state index contributed by atoms with van der Waals surface area (Å²) in [5.74, 6) is -12.9. The monoisotopic (exact) mass is 920 g/mol. The van der Waals surface area contributed by atoms with Crippen LogP contribution in [0.2, 0.25) is 0 Å². The summed E-state index contributed by atoms with van der Waals surface area (Å²) in [6.07, 6.45) is -7.63. The average Bonchev–Trinajstić information content (AvgIpc) is 3.88. The van der Waals surface area contributed by atoms with Crippen molar-refractivity contribution in [2.45, 2.75) is 115 Å². The van der Waals surface area contributed by atoms with Crippen molar-refractivity contribution in [2.24, 2.45) is 17.3 Å². The summed E-state index contributed by atoms with van der Waals surface area (Å²) in [5.41, 5.74) is -10.9. The number of furan rings is 1. The molecular weight excluding hydrogens is 872 g/mol. The van der Waals surface area contributed by atoms with Gasteiger partial charge in [-0.2, -0.15) is 0 Å². The summed E-state index contributed by atoms with van der Waals surface area (Å²) in [4.78, 5) is 120. The maximum Gasteiger partial charge on any atom is 0.374 e. The van der Waals surface area contributed by atoms with E-state index in [0.29, 0.717) is 0 Å². The standard InChI is InChI=1S/C45H48N2O19/c1-21-22(2)38(52)65-35-33(60-24(4)49)37(62-26(6)51)44(20-58-23(3)48)36(61-25(5)50)32(63-39(53)27-12-9-15-46-18-27)30-34(64-41(55)29-14-11-17-57-29)45(44,43(35,8)56)66-42(30,7)19-59-40(54)28-13-10-16-47-31(21)28/h9-18,21-22,30,32-37,56H,19-20H2,1-8H3. The number of carbonyl (C=O) groups excluding carboxylic acids is 8. The lowest BCUT2D eigenvalue weighted by Crippen LogP contribution is -2.89. The van der Waals surface area contributed by atoms with E-state index in [2.05, 4.69) is 9.97 Å². The molecule has 3 aromatic heterocycles. The number of fused-ring (bicyclic) bond motifs is 5. The molecule has 1 spiro atoms. The number of esters is 8. The molecule has 0 aromatic carbocycles. The Morgan fingerprint density at radius 2 is 1.44 bits per heavy atom. The molecule has 4 bridgehead atoms. The van der Waals surface area contributed by atoms with Gasteiger partial charge < -0.3 is 52.2 Å². The number of hydrogen-bond donors (Lipinski definition) is 1. The molecule has 4 aliphatic rings. The zero-order valence-corrected chi connectivity index (χ0v) is 37.1. The quantitative estimate of drug-likeness (QED) is 0.238. The highest BCUT2D eigenvalue weighted by molar-refractivity contribution is 5.91. The third-order valence-electron chi connectivity index (χ3n) is 12.9. The van der Waals surface area contributed by atoms with Gasteiger partial charge in [0, 0.05) is 52.2 Å². The third-order valence-corrected chi connectivity index (χ3v) is 12.9. The molecule has 2 saturated carbocycles. The van der Waals surface area contributed by atoms with Crippen LogP contribution in [0.1, 0.15) is 98.3 Å². The molecule has 7 rings (SSSR count). The van der Waals surface area contributed by atoms with Crippen molar-refractivity contribution in [1.29, 1.82) is 0 Å². The van der Waals surface area contributed by atoms with Crippen molar-refractivity contribution in [3.05, 3.63) is 83.8 Å². The Labute approximate surface area is 376 Å². The molecule has 2 aliphatic heterocycles. The molecule has 3 aromatic rings. The van der Waals surface area contributed by atoms with Crippen LogP contribution < -0.4 is 0 Å². The molecule has 352 valence electrons. The van der Waals surface area contributed by atoms with Crippen LogP contribution >= 0.6 is 0 Å². The van der Waals surface area contributed by atoms with Crippen LogP contribution in [-0.2, 0) is 66.6 Å². The zero-order chi connectivity index (χ0) is 48.1. The lowest BCUT2D eigenvalue weighted by Gasteiger charge is -2.67. The molecule has 2 aliphatic carbocycles. The van der Waals surface area contributed by atoms with Gasteiger partial charge in [-0.25, -0.2) is 14.4 Å². The van der Waals surface area contributed by atoms with Crippen molar-refractivity contribution in [1.82, 2.24) is 9.97 Å². The minimum absolute atomic E-state index is 0.0771. The number of cyclic esters (lactones) is 1. The summed E-state index contributed by atoms with van der Waals surface area (Å²) < 4.78 is 61.4. The van der Waals surface area contributed by atoms with Gasteiger partial charge in [-0.1, -0.05) is 13.8 Å². The largest absolute Gasteiger partial charge is 0.465 e. The maximum absolute atomic E-state index is 14.6. The minimum Gasteiger partial charge on any atom is -0.465 e. The van der Waals surface area contributed by atoms with Crippen LogP contribution in [-0.4, -0.2) is 129 Å². The molecule has 5 heterocycles. The third kappa shape index (κ3) is 7.72. The van der Waals surface area contributed by atoms with Crippen molar-refractivity contribution in [3.63, 3.8) is 0 Å². The van der Waals surface area contributed by atoms with E-state index >= 15 is 0 Å². The second-order valence-electron chi connectivity index (χ2n) is 17.1. The van der Waals surface area contributed by atoms with Crippen LogP contribution in [0.15, 0.2) is 65.7 Å². The van der Waals surface area contributed by atoms with E-state index in [-0.39, 0.29) is 16.8 Å². The predicted molar refractivity (Wildman–Crippen MR) is 215 cm³/mol. The Kier molecular flexibility index (Phi) is 12.6. The van der Waals surface area contributed by atoms with E-state index < -0.39 is 143 Å². The van der Waals surface area contributed by atoms with Gasteiger partial charge in [-0.05, 0) is 50.2 Å². The second kappa shape index (κ2) is 17.6. The molecule has 1 N–H and O–H groups in total. The first-order valence-electron chi connectivity index (χ1n) is 20.9. The maximum atomic E-state index is 14.6. The lowest BCUT2D eigenvalue weighted by molar-refractivity contribution is -0.385. The molecule has 13 unspecified atom stereocenters. The SMILES string of the molecule is CC(=O)OCC12C(OC(C)=O)C(OC(=O)c3cccnc3)C3C(OC(=O)c4ccco4)C14OC3(C)COC(=O)c1cccnc1C(C)C(C)C(=O)OC(C(OC(C)=O)C2OC(C)=O)C4(C)O. The van der Waals surface area contributed by atoms with Gasteiger partial charge in [0.05, 0.1) is 34.9 Å². The van der Waals surface area contributed by atoms with Gasteiger partial charge in [0.25, 0.3) is 0 Å². The highest BCUT2D eigenvalue weighted by Crippen LogP contribution is 2.70. The summed E-state index contributed by atoms with van der Waals surface area (Å²) in [5, 5.41) is 13.8. The van der Waals surface area contributed by atoms with Crippen molar-refractivity contribution in [2.75, 3.05) is 13.2 Å². The topological polar surface area (TPSA) is 279 Å². The Morgan fingerprint density at radius 1 is 0.773 bits per heavy atom. The highest BCUT2D eigenvalue weighted by Gasteiger charge is 2.92. The van der Waals surface area contributed by atoms with Crippen LogP contribution in [0.4, 0.5) is 0 Å². The summed E-state index contributed by atoms with van der Waals surface area (Å²) >= 11 is 0. The first kappa shape index (κ1) is 47.2. The molecule has 0 amide bonds. The van der Waals surface area contributed by atoms with Gasteiger partial charge >= 0.3 is 47.8 Å². The number of ether oxygens (including phenoxy) is 9. The zero-order valence-electron chi connectivity index (χ0n) is 37.1. The fraction of sp³-hybridized carbons (Fsp3) is 0.511. The Morgan fingerprint density at radius 3 is 2.05 bits per heavy atom. The van der Waals surface area contributed by atoms with Crippen molar-refractivity contribution >= 4 is 47.8 Å². The number of nitrogens with zero attached hydrogens (tertiary/aromatic N) is 2. The van der Waals surface area contributed by atoms with Crippen molar-refractivity contribution < 1.29 is 90.5 Å². The van der Waals surface area contributed by atoms with Crippen LogP contribution in [0, 0.1) is 17.3 Å². The molecule has 21 nitrogen and oxygen atoms in total. The Bertz CT molecular complexity index is 2420. The Balaban J connectivity index is 1.65. The van der Waals surface area contributed by atoms with Gasteiger partial charge in [-0.15, -0.1) is 0 Å².